The van der Waals surface area contributed by atoms with Crippen molar-refractivity contribution in [3.8, 4) is 6.07 Å². The topological polar surface area (TPSA) is 129 Å². The van der Waals surface area contributed by atoms with E-state index in [9.17, 15) is 15.2 Å². The third kappa shape index (κ3) is 2.86. The molecule has 0 amide bonds. The number of aromatic nitrogens is 3. The first kappa shape index (κ1) is 18.4. The third-order valence-corrected chi connectivity index (χ3v) is 6.42. The number of rotatable bonds is 3. The zero-order chi connectivity index (χ0) is 20.8. The highest BCUT2D eigenvalue weighted by Gasteiger charge is 2.33. The molecule has 0 spiro atoms. The van der Waals surface area contributed by atoms with Crippen molar-refractivity contribution in [3.63, 3.8) is 0 Å². The van der Waals surface area contributed by atoms with Crippen LogP contribution in [0.4, 0.5) is 11.5 Å². The second-order valence-corrected chi connectivity index (χ2v) is 8.13. The first-order chi connectivity index (χ1) is 14.6. The highest BCUT2D eigenvalue weighted by atomic mass is 16.4. The van der Waals surface area contributed by atoms with Crippen LogP contribution in [-0.2, 0) is 11.2 Å². The van der Waals surface area contributed by atoms with Crippen molar-refractivity contribution < 1.29 is 9.90 Å². The molecule has 0 saturated heterocycles. The molecule has 2 aromatic heterocycles. The van der Waals surface area contributed by atoms with Crippen LogP contribution in [0, 0.1) is 17.2 Å². The molecule has 1 aliphatic carbocycles. The molecule has 8 heteroatoms. The van der Waals surface area contributed by atoms with E-state index in [1.807, 2.05) is 28.8 Å². The molecule has 3 heterocycles. The summed E-state index contributed by atoms with van der Waals surface area (Å²) in [4.78, 5) is 20.6. The second kappa shape index (κ2) is 7.02. The minimum Gasteiger partial charge on any atom is -0.481 e. The van der Waals surface area contributed by atoms with Gasteiger partial charge >= 0.3 is 5.97 Å². The predicted molar refractivity (Wildman–Crippen MR) is 111 cm³/mol. The first-order valence-electron chi connectivity index (χ1n) is 10.2. The van der Waals surface area contributed by atoms with E-state index in [2.05, 4.69) is 16.4 Å². The summed E-state index contributed by atoms with van der Waals surface area (Å²) >= 11 is 0. The van der Waals surface area contributed by atoms with E-state index in [-0.39, 0.29) is 17.9 Å². The van der Waals surface area contributed by atoms with Crippen molar-refractivity contribution in [3.05, 3.63) is 53.2 Å². The van der Waals surface area contributed by atoms with Crippen LogP contribution >= 0.6 is 0 Å². The third-order valence-electron chi connectivity index (χ3n) is 6.42. The van der Waals surface area contributed by atoms with Crippen molar-refractivity contribution >= 4 is 23.0 Å². The fraction of sp³-hybridized carbons (Fsp3) is 0.364. The summed E-state index contributed by atoms with van der Waals surface area (Å²) in [7, 11) is 0. The number of nitrogens with one attached hydrogen (secondary N) is 1. The average Bonchev–Trinajstić information content (AvgIpc) is 3.36. The Morgan fingerprint density at radius 3 is 2.83 bits per heavy atom. The number of nitriles is 1. The number of fused-ring (bicyclic) bond motifs is 2. The highest BCUT2D eigenvalue weighted by Crippen LogP contribution is 2.41. The van der Waals surface area contributed by atoms with Gasteiger partial charge in [0.05, 0.1) is 28.9 Å². The maximum Gasteiger partial charge on any atom is 0.306 e. The van der Waals surface area contributed by atoms with Crippen LogP contribution in [-0.4, -0.2) is 25.4 Å². The molecule has 1 aromatic carbocycles. The lowest BCUT2D eigenvalue weighted by atomic mass is 9.81. The largest absolute Gasteiger partial charge is 0.481 e. The number of anilines is 2. The number of imidazole rings is 1. The van der Waals surface area contributed by atoms with E-state index in [1.165, 1.54) is 0 Å². The summed E-state index contributed by atoms with van der Waals surface area (Å²) < 4.78 is 2.01. The van der Waals surface area contributed by atoms with Gasteiger partial charge in [-0.05, 0) is 37.3 Å². The normalized spacial score (nSPS) is 23.0. The monoisotopic (exact) mass is 402 g/mol. The first-order valence-corrected chi connectivity index (χ1v) is 10.2. The summed E-state index contributed by atoms with van der Waals surface area (Å²) in [5.41, 5.74) is 10.4. The number of nitrogens with two attached hydrogens (primary N) is 1. The standard InChI is InChI=1S/C22H22N6O2/c23-11-15-3-1-2-14-10-16(26-17(14)15)18-19-20(24)25-8-9-28(19)21(27-18)12-4-6-13(7-5-12)22(29)30/h1-3,8-9,12-13,16,26H,4-7,10H2,(H2,24,25)(H,29,30)/t12-,13-,16?. The van der Waals surface area contributed by atoms with E-state index >= 15 is 0 Å². The molecule has 2 aliphatic rings. The van der Waals surface area contributed by atoms with Crippen LogP contribution in [0.1, 0.15) is 60.3 Å². The van der Waals surface area contributed by atoms with E-state index in [0.717, 1.165) is 47.5 Å². The molecule has 0 bridgehead atoms. The number of hydrogen-bond acceptors (Lipinski definition) is 6. The van der Waals surface area contributed by atoms with Crippen LogP contribution in [0.25, 0.3) is 5.52 Å². The van der Waals surface area contributed by atoms with Crippen LogP contribution in [0.2, 0.25) is 0 Å². The fourth-order valence-electron chi connectivity index (χ4n) is 4.89. The lowest BCUT2D eigenvalue weighted by Gasteiger charge is -2.25. The number of carboxylic acids is 1. The van der Waals surface area contributed by atoms with Gasteiger partial charge in [-0.15, -0.1) is 0 Å². The number of hydrogen-bond donors (Lipinski definition) is 3. The Bertz CT molecular complexity index is 1190. The van der Waals surface area contributed by atoms with Crippen LogP contribution in [0.15, 0.2) is 30.6 Å². The van der Waals surface area contributed by atoms with Crippen LogP contribution in [0.3, 0.4) is 0 Å². The van der Waals surface area contributed by atoms with Gasteiger partial charge in [0.15, 0.2) is 0 Å². The van der Waals surface area contributed by atoms with Crippen molar-refractivity contribution in [1.29, 1.82) is 5.26 Å². The summed E-state index contributed by atoms with van der Waals surface area (Å²) in [6, 6.07) is 7.88. The molecule has 5 rings (SSSR count). The van der Waals surface area contributed by atoms with Crippen molar-refractivity contribution in [2.24, 2.45) is 5.92 Å². The number of nitrogens with zero attached hydrogens (tertiary/aromatic N) is 4. The van der Waals surface area contributed by atoms with Gasteiger partial charge in [-0.25, -0.2) is 9.97 Å². The molecule has 152 valence electrons. The molecular formula is C22H22N6O2. The predicted octanol–water partition coefficient (Wildman–Crippen LogP) is 3.25. The number of benzene rings is 1. The van der Waals surface area contributed by atoms with Crippen LogP contribution in [0.5, 0.6) is 0 Å². The van der Waals surface area contributed by atoms with Gasteiger partial charge in [0, 0.05) is 24.7 Å². The van der Waals surface area contributed by atoms with Gasteiger partial charge in [-0.2, -0.15) is 5.26 Å². The fourth-order valence-corrected chi connectivity index (χ4v) is 4.89. The maximum atomic E-state index is 11.3. The number of para-hydroxylation sites is 1. The van der Waals surface area contributed by atoms with E-state index in [1.54, 1.807) is 6.20 Å². The molecular weight excluding hydrogens is 380 g/mol. The molecule has 4 N–H and O–H groups in total. The van der Waals surface area contributed by atoms with E-state index < -0.39 is 5.97 Å². The second-order valence-electron chi connectivity index (χ2n) is 8.13. The van der Waals surface area contributed by atoms with E-state index in [0.29, 0.717) is 24.2 Å². The van der Waals surface area contributed by atoms with Crippen molar-refractivity contribution in [1.82, 2.24) is 14.4 Å². The van der Waals surface area contributed by atoms with Gasteiger partial charge in [0.25, 0.3) is 0 Å². The van der Waals surface area contributed by atoms with Crippen LogP contribution < -0.4 is 11.1 Å². The summed E-state index contributed by atoms with van der Waals surface area (Å²) in [5, 5.41) is 22.2. The molecule has 1 unspecified atom stereocenters. The molecule has 30 heavy (non-hydrogen) atoms. The average molecular weight is 402 g/mol. The molecule has 1 aliphatic heterocycles. The number of carboxylic acid groups (broad SMARTS) is 1. The van der Waals surface area contributed by atoms with Gasteiger partial charge < -0.3 is 16.2 Å². The van der Waals surface area contributed by atoms with Gasteiger partial charge in [-0.3, -0.25) is 9.20 Å². The molecule has 1 fully saturated rings. The quantitative estimate of drug-likeness (QED) is 0.613. The molecule has 1 atom stereocenters. The summed E-state index contributed by atoms with van der Waals surface area (Å²) in [6.07, 6.45) is 7.15. The number of nitrogen functional groups attached to an aromatic ring is 1. The Hall–Kier alpha value is -3.60. The van der Waals surface area contributed by atoms with Gasteiger partial charge in [-0.1, -0.05) is 12.1 Å². The SMILES string of the molecule is N#Cc1cccc2c1NC(c1nc([C@H]3CC[C@H](C(=O)O)CC3)n3ccnc(N)c13)C2. The van der Waals surface area contributed by atoms with Crippen molar-refractivity contribution in [2.45, 2.75) is 44.1 Å². The number of carbonyl (C=O) groups is 1. The minimum atomic E-state index is -0.711. The zero-order valence-electron chi connectivity index (χ0n) is 16.4. The molecule has 3 aromatic rings. The Balaban J connectivity index is 1.53. The molecule has 1 saturated carbocycles. The lowest BCUT2D eigenvalue weighted by molar-refractivity contribution is -0.142. The maximum absolute atomic E-state index is 11.3. The summed E-state index contributed by atoms with van der Waals surface area (Å²) in [5.74, 6) is 0.535. The molecule has 8 nitrogen and oxygen atoms in total. The Morgan fingerprint density at radius 2 is 2.10 bits per heavy atom. The van der Waals surface area contributed by atoms with E-state index in [4.69, 9.17) is 10.7 Å². The Morgan fingerprint density at radius 1 is 1.30 bits per heavy atom. The lowest BCUT2D eigenvalue weighted by Crippen LogP contribution is -2.21. The highest BCUT2D eigenvalue weighted by molar-refractivity contribution is 5.74. The van der Waals surface area contributed by atoms with Crippen molar-refractivity contribution in [2.75, 3.05) is 11.1 Å². The zero-order valence-corrected chi connectivity index (χ0v) is 16.4. The molecule has 0 radical (unpaired) electrons. The Kier molecular flexibility index (Phi) is 4.31. The minimum absolute atomic E-state index is 0.0971. The van der Waals surface area contributed by atoms with Gasteiger partial charge in [0.1, 0.15) is 23.2 Å². The Labute approximate surface area is 173 Å². The summed E-state index contributed by atoms with van der Waals surface area (Å²) in [6.45, 7) is 0. The number of aliphatic carboxylic acids is 1. The van der Waals surface area contributed by atoms with Gasteiger partial charge in [0.2, 0.25) is 0 Å². The smallest absolute Gasteiger partial charge is 0.306 e.